The summed E-state index contributed by atoms with van der Waals surface area (Å²) in [6, 6.07) is 11.9. The van der Waals surface area contributed by atoms with E-state index in [2.05, 4.69) is 10.6 Å². The smallest absolute Gasteiger partial charge is 0.293 e. The minimum absolute atomic E-state index is 0.0678. The molecule has 0 aliphatic rings. The molecule has 0 saturated heterocycles. The number of rotatable bonds is 4. The third-order valence-electron chi connectivity index (χ3n) is 4.41. The summed E-state index contributed by atoms with van der Waals surface area (Å²) in [5.74, 6) is -6.87. The van der Waals surface area contributed by atoms with E-state index >= 15 is 0 Å². The Morgan fingerprint density at radius 2 is 1.42 bits per heavy atom. The van der Waals surface area contributed by atoms with Crippen molar-refractivity contribution in [3.8, 4) is 0 Å². The van der Waals surface area contributed by atoms with Crippen molar-refractivity contribution < 1.29 is 31.6 Å². The van der Waals surface area contributed by atoms with Gasteiger partial charge in [0.05, 0.1) is 0 Å². The van der Waals surface area contributed by atoms with Gasteiger partial charge < -0.3 is 15.1 Å². The summed E-state index contributed by atoms with van der Waals surface area (Å²) in [7, 11) is 0. The fraction of sp³-hybridized carbons (Fsp3) is 0. The summed E-state index contributed by atoms with van der Waals surface area (Å²) in [6.45, 7) is 0. The molecule has 4 rings (SSSR count). The normalized spacial score (nSPS) is 10.8. The van der Waals surface area contributed by atoms with Gasteiger partial charge in [0.15, 0.2) is 11.6 Å². The van der Waals surface area contributed by atoms with Crippen LogP contribution in [0.2, 0.25) is 0 Å². The molecule has 156 valence electrons. The number of hydrogen-bond donors (Lipinski definition) is 2. The first-order valence-corrected chi connectivity index (χ1v) is 8.88. The highest BCUT2D eigenvalue weighted by atomic mass is 19.2. The molecule has 0 aliphatic carbocycles. The van der Waals surface area contributed by atoms with Crippen LogP contribution in [0, 0.1) is 23.3 Å². The minimum atomic E-state index is -1.18. The van der Waals surface area contributed by atoms with Gasteiger partial charge in [-0.3, -0.25) is 9.59 Å². The molecule has 0 spiro atoms. The van der Waals surface area contributed by atoms with E-state index < -0.39 is 46.4 Å². The van der Waals surface area contributed by atoms with E-state index in [9.17, 15) is 27.2 Å². The molecule has 2 N–H and O–H groups in total. The first-order valence-electron chi connectivity index (χ1n) is 8.88. The zero-order valence-corrected chi connectivity index (χ0v) is 15.5. The summed E-state index contributed by atoms with van der Waals surface area (Å²) >= 11 is 0. The molecule has 0 bridgehead atoms. The zero-order valence-electron chi connectivity index (χ0n) is 15.5. The second-order valence-corrected chi connectivity index (χ2v) is 6.44. The molecule has 0 radical (unpaired) electrons. The van der Waals surface area contributed by atoms with Crippen LogP contribution in [0.15, 0.2) is 65.1 Å². The number of para-hydroxylation sites is 1. The number of halogens is 4. The van der Waals surface area contributed by atoms with Gasteiger partial charge in [-0.2, -0.15) is 0 Å². The molecule has 0 fully saturated rings. The van der Waals surface area contributed by atoms with Gasteiger partial charge >= 0.3 is 0 Å². The number of hydrogen-bond acceptors (Lipinski definition) is 3. The molecule has 0 atom stereocenters. The van der Waals surface area contributed by atoms with E-state index in [0.717, 1.165) is 36.4 Å². The van der Waals surface area contributed by atoms with Gasteiger partial charge in [-0.25, -0.2) is 17.6 Å². The van der Waals surface area contributed by atoms with Gasteiger partial charge in [0.2, 0.25) is 5.76 Å². The summed E-state index contributed by atoms with van der Waals surface area (Å²) in [5, 5.41) is 4.93. The third-order valence-corrected chi connectivity index (χ3v) is 4.41. The molecular formula is C22H12F4N2O3. The molecule has 5 nitrogen and oxygen atoms in total. The molecule has 2 amide bonds. The highest BCUT2D eigenvalue weighted by molar-refractivity contribution is 6.17. The monoisotopic (exact) mass is 428 g/mol. The lowest BCUT2D eigenvalue weighted by Crippen LogP contribution is -2.19. The summed E-state index contributed by atoms with van der Waals surface area (Å²) in [6.07, 6.45) is 0. The zero-order chi connectivity index (χ0) is 22.1. The van der Waals surface area contributed by atoms with Crippen molar-refractivity contribution in [2.45, 2.75) is 0 Å². The Hall–Kier alpha value is -4.14. The fourth-order valence-electron chi connectivity index (χ4n) is 2.98. The molecule has 9 heteroatoms. The predicted molar refractivity (Wildman–Crippen MR) is 105 cm³/mol. The Morgan fingerprint density at radius 1 is 0.710 bits per heavy atom. The number of carbonyl (C=O) groups is 2. The Morgan fingerprint density at radius 3 is 2.13 bits per heavy atom. The lowest BCUT2D eigenvalue weighted by Gasteiger charge is -2.09. The SMILES string of the molecule is O=C(Nc1ccc(F)c(F)c1)c1oc2ccccc2c1NC(=O)c1c(F)cccc1F. The molecular weight excluding hydrogens is 416 g/mol. The largest absolute Gasteiger partial charge is 0.449 e. The second-order valence-electron chi connectivity index (χ2n) is 6.44. The van der Waals surface area contributed by atoms with Crippen LogP contribution in [0.4, 0.5) is 28.9 Å². The van der Waals surface area contributed by atoms with Gasteiger partial charge in [0, 0.05) is 17.1 Å². The Balaban J connectivity index is 1.73. The quantitative estimate of drug-likeness (QED) is 0.422. The van der Waals surface area contributed by atoms with Crippen LogP contribution in [0.3, 0.4) is 0 Å². The van der Waals surface area contributed by atoms with Crippen LogP contribution in [0.25, 0.3) is 11.0 Å². The van der Waals surface area contributed by atoms with Crippen molar-refractivity contribution in [2.75, 3.05) is 10.6 Å². The topological polar surface area (TPSA) is 71.3 Å². The van der Waals surface area contributed by atoms with E-state index in [1.165, 1.54) is 12.1 Å². The molecule has 1 heterocycles. The van der Waals surface area contributed by atoms with Crippen molar-refractivity contribution in [2.24, 2.45) is 0 Å². The maximum absolute atomic E-state index is 14.0. The number of furan rings is 1. The number of carbonyl (C=O) groups excluding carboxylic acids is 2. The van der Waals surface area contributed by atoms with Gasteiger partial charge in [-0.15, -0.1) is 0 Å². The van der Waals surface area contributed by atoms with Crippen LogP contribution in [-0.2, 0) is 0 Å². The highest BCUT2D eigenvalue weighted by Gasteiger charge is 2.25. The minimum Gasteiger partial charge on any atom is -0.449 e. The van der Waals surface area contributed by atoms with Gasteiger partial charge in [-0.05, 0) is 36.4 Å². The predicted octanol–water partition coefficient (Wildman–Crippen LogP) is 5.49. The van der Waals surface area contributed by atoms with Crippen LogP contribution >= 0.6 is 0 Å². The number of amides is 2. The summed E-state index contributed by atoms with van der Waals surface area (Å²) < 4.78 is 60.0. The van der Waals surface area contributed by atoms with Crippen molar-refractivity contribution in [1.82, 2.24) is 0 Å². The third kappa shape index (κ3) is 3.85. The molecule has 4 aromatic rings. The number of benzene rings is 3. The molecule has 0 unspecified atom stereocenters. The number of fused-ring (bicyclic) bond motifs is 1. The first-order chi connectivity index (χ1) is 14.8. The number of nitrogens with one attached hydrogen (secondary N) is 2. The van der Waals surface area contributed by atoms with Crippen LogP contribution in [-0.4, -0.2) is 11.8 Å². The maximum Gasteiger partial charge on any atom is 0.293 e. The van der Waals surface area contributed by atoms with Crippen molar-refractivity contribution >= 4 is 34.2 Å². The molecule has 0 saturated carbocycles. The van der Waals surface area contributed by atoms with Gasteiger partial charge in [0.1, 0.15) is 28.5 Å². The molecule has 3 aromatic carbocycles. The Kier molecular flexibility index (Phi) is 5.16. The van der Waals surface area contributed by atoms with Crippen molar-refractivity contribution in [3.05, 3.63) is 95.3 Å². The Labute approximate surface area is 172 Å². The average molecular weight is 428 g/mol. The van der Waals surface area contributed by atoms with E-state index in [1.54, 1.807) is 12.1 Å². The van der Waals surface area contributed by atoms with E-state index in [1.807, 2.05) is 0 Å². The van der Waals surface area contributed by atoms with Crippen LogP contribution in [0.1, 0.15) is 20.9 Å². The van der Waals surface area contributed by atoms with Gasteiger partial charge in [0.25, 0.3) is 11.8 Å². The van der Waals surface area contributed by atoms with E-state index in [-0.39, 0.29) is 17.0 Å². The summed E-state index contributed by atoms with van der Waals surface area (Å²) in [4.78, 5) is 25.3. The highest BCUT2D eigenvalue weighted by Crippen LogP contribution is 2.32. The lowest BCUT2D eigenvalue weighted by molar-refractivity contribution is 0.0999. The average Bonchev–Trinajstić information content (AvgIpc) is 3.09. The lowest BCUT2D eigenvalue weighted by atomic mass is 10.1. The Bertz CT molecular complexity index is 1310. The van der Waals surface area contributed by atoms with Gasteiger partial charge in [-0.1, -0.05) is 18.2 Å². The maximum atomic E-state index is 14.0. The molecule has 0 aliphatic heterocycles. The van der Waals surface area contributed by atoms with Crippen LogP contribution < -0.4 is 10.6 Å². The van der Waals surface area contributed by atoms with Crippen molar-refractivity contribution in [3.63, 3.8) is 0 Å². The molecule has 31 heavy (non-hydrogen) atoms. The standard InChI is InChI=1S/C22H12F4N2O3/c23-13-9-8-11(10-16(13)26)27-22(30)20-19(12-4-1-2-7-17(12)31-20)28-21(29)18-14(24)5-3-6-15(18)25/h1-10H,(H,27,30)(H,28,29). The second kappa shape index (κ2) is 7.94. The van der Waals surface area contributed by atoms with E-state index in [0.29, 0.717) is 5.39 Å². The summed E-state index contributed by atoms with van der Waals surface area (Å²) in [5.41, 5.74) is -0.827. The first kappa shape index (κ1) is 20.1. The number of anilines is 2. The van der Waals surface area contributed by atoms with Crippen molar-refractivity contribution in [1.29, 1.82) is 0 Å². The fourth-order valence-corrected chi connectivity index (χ4v) is 2.98. The molecule has 1 aromatic heterocycles. The van der Waals surface area contributed by atoms with Crippen LogP contribution in [0.5, 0.6) is 0 Å². The van der Waals surface area contributed by atoms with E-state index in [4.69, 9.17) is 4.42 Å².